The van der Waals surface area contributed by atoms with E-state index in [-0.39, 0.29) is 29.4 Å². The molecule has 0 aliphatic rings. The van der Waals surface area contributed by atoms with Crippen LogP contribution >= 0.6 is 0 Å². The molecule has 25 heavy (non-hydrogen) atoms. The summed E-state index contributed by atoms with van der Waals surface area (Å²) in [5, 5.41) is 0. The van der Waals surface area contributed by atoms with Crippen LogP contribution in [0.2, 0.25) is 0 Å². The molecular formula is C17H18FNO5S. The first kappa shape index (κ1) is 18.9. The normalized spacial score (nSPS) is 11.2. The lowest BCUT2D eigenvalue weighted by atomic mass is 10.2. The van der Waals surface area contributed by atoms with Crippen LogP contribution in [0.25, 0.3) is 0 Å². The fraction of sp³-hybridized carbons (Fsp3) is 0.235. The Morgan fingerprint density at radius 2 is 1.84 bits per heavy atom. The van der Waals surface area contributed by atoms with E-state index in [1.165, 1.54) is 43.5 Å². The molecule has 0 heterocycles. The van der Waals surface area contributed by atoms with Gasteiger partial charge in [0, 0.05) is 6.54 Å². The van der Waals surface area contributed by atoms with Gasteiger partial charge in [0.1, 0.15) is 6.61 Å². The summed E-state index contributed by atoms with van der Waals surface area (Å²) in [5.74, 6) is -1.08. The molecule has 8 heteroatoms. The van der Waals surface area contributed by atoms with Crippen molar-refractivity contribution < 1.29 is 27.1 Å². The maximum Gasteiger partial charge on any atom is 0.338 e. The van der Waals surface area contributed by atoms with Crippen LogP contribution in [0, 0.1) is 5.82 Å². The first-order valence-corrected chi connectivity index (χ1v) is 8.95. The zero-order valence-electron chi connectivity index (χ0n) is 13.8. The van der Waals surface area contributed by atoms with Crippen molar-refractivity contribution in [1.82, 2.24) is 4.72 Å². The second-order valence-electron chi connectivity index (χ2n) is 5.07. The van der Waals surface area contributed by atoms with Gasteiger partial charge in [0.2, 0.25) is 10.0 Å². The number of ether oxygens (including phenoxy) is 2. The van der Waals surface area contributed by atoms with E-state index >= 15 is 0 Å². The number of halogens is 1. The predicted octanol–water partition coefficient (Wildman–Crippen LogP) is 2.49. The van der Waals surface area contributed by atoms with E-state index in [4.69, 9.17) is 9.47 Å². The van der Waals surface area contributed by atoms with E-state index in [2.05, 4.69) is 4.72 Å². The predicted molar refractivity (Wildman–Crippen MR) is 89.4 cm³/mol. The van der Waals surface area contributed by atoms with Crippen LogP contribution in [0.4, 0.5) is 4.39 Å². The van der Waals surface area contributed by atoms with Crippen molar-refractivity contribution in [3.8, 4) is 5.75 Å². The highest BCUT2D eigenvalue weighted by molar-refractivity contribution is 7.89. The molecule has 2 rings (SSSR count). The van der Waals surface area contributed by atoms with Crippen LogP contribution in [-0.2, 0) is 21.4 Å². The number of carbonyl (C=O) groups is 1. The van der Waals surface area contributed by atoms with E-state index in [0.29, 0.717) is 5.56 Å². The number of methoxy groups -OCH3 is 1. The van der Waals surface area contributed by atoms with Gasteiger partial charge in [-0.25, -0.2) is 22.3 Å². The van der Waals surface area contributed by atoms with Gasteiger partial charge in [0.25, 0.3) is 0 Å². The van der Waals surface area contributed by atoms with Gasteiger partial charge >= 0.3 is 5.97 Å². The Kier molecular flexibility index (Phi) is 6.11. The van der Waals surface area contributed by atoms with Gasteiger partial charge in [0.05, 0.1) is 17.6 Å². The van der Waals surface area contributed by atoms with Gasteiger partial charge in [-0.1, -0.05) is 13.0 Å². The third-order valence-electron chi connectivity index (χ3n) is 3.32. The molecule has 0 aromatic heterocycles. The zero-order valence-corrected chi connectivity index (χ0v) is 14.6. The number of carbonyl (C=O) groups excluding carboxylic acids is 1. The number of benzene rings is 2. The second kappa shape index (κ2) is 8.09. The second-order valence-corrected chi connectivity index (χ2v) is 6.84. The molecule has 0 radical (unpaired) electrons. The topological polar surface area (TPSA) is 81.7 Å². The molecule has 6 nitrogen and oxygen atoms in total. The molecule has 0 saturated heterocycles. The van der Waals surface area contributed by atoms with Crippen LogP contribution < -0.4 is 9.46 Å². The molecule has 0 bridgehead atoms. The summed E-state index contributed by atoms with van der Waals surface area (Å²) in [4.78, 5) is 12.1. The minimum absolute atomic E-state index is 0.0584. The molecular weight excluding hydrogens is 349 g/mol. The Morgan fingerprint density at radius 1 is 1.16 bits per heavy atom. The summed E-state index contributed by atoms with van der Waals surface area (Å²) in [6, 6.07) is 9.62. The van der Waals surface area contributed by atoms with Gasteiger partial charge in [-0.2, -0.15) is 0 Å². The smallest absolute Gasteiger partial charge is 0.338 e. The largest absolute Gasteiger partial charge is 0.494 e. The first-order chi connectivity index (χ1) is 11.9. The monoisotopic (exact) mass is 367 g/mol. The summed E-state index contributed by atoms with van der Waals surface area (Å²) >= 11 is 0. The quantitative estimate of drug-likeness (QED) is 0.761. The Balaban J connectivity index is 2.03. The Morgan fingerprint density at radius 3 is 2.40 bits per heavy atom. The summed E-state index contributed by atoms with van der Waals surface area (Å²) in [6.07, 6.45) is 0. The fourth-order valence-electron chi connectivity index (χ4n) is 2.08. The number of esters is 1. The van der Waals surface area contributed by atoms with Gasteiger partial charge < -0.3 is 9.47 Å². The van der Waals surface area contributed by atoms with Crippen molar-refractivity contribution in [2.24, 2.45) is 0 Å². The maximum absolute atomic E-state index is 13.6. The Bertz CT molecular complexity index is 850. The molecule has 0 unspecified atom stereocenters. The molecule has 2 aromatic rings. The average molecular weight is 367 g/mol. The third-order valence-corrected chi connectivity index (χ3v) is 4.88. The highest BCUT2D eigenvalue weighted by Gasteiger charge is 2.14. The number of hydrogen-bond donors (Lipinski definition) is 1. The Labute approximate surface area is 145 Å². The molecule has 0 atom stereocenters. The van der Waals surface area contributed by atoms with Gasteiger partial charge in [0.15, 0.2) is 11.6 Å². The lowest BCUT2D eigenvalue weighted by Crippen LogP contribution is -2.23. The minimum Gasteiger partial charge on any atom is -0.494 e. The van der Waals surface area contributed by atoms with E-state index in [1.54, 1.807) is 13.0 Å². The van der Waals surface area contributed by atoms with Crippen molar-refractivity contribution in [3.63, 3.8) is 0 Å². The molecule has 0 saturated carbocycles. The number of rotatable bonds is 7. The van der Waals surface area contributed by atoms with Crippen molar-refractivity contribution >= 4 is 16.0 Å². The van der Waals surface area contributed by atoms with Crippen LogP contribution in [0.1, 0.15) is 22.8 Å². The minimum atomic E-state index is -3.58. The van der Waals surface area contributed by atoms with Gasteiger partial charge in [-0.3, -0.25) is 0 Å². The first-order valence-electron chi connectivity index (χ1n) is 7.46. The lowest BCUT2D eigenvalue weighted by Gasteiger charge is -2.08. The molecule has 0 aliphatic carbocycles. The molecule has 0 amide bonds. The highest BCUT2D eigenvalue weighted by atomic mass is 32.2. The number of sulfonamides is 1. The standard InChI is InChI=1S/C17H18FNO5S/c1-3-19-25(21,22)14-7-5-13(6-8-14)17(20)24-11-12-4-9-16(23-2)15(18)10-12/h4-10,19H,3,11H2,1-2H3. The van der Waals surface area contributed by atoms with Crippen molar-refractivity contribution in [2.45, 2.75) is 18.4 Å². The summed E-state index contributed by atoms with van der Waals surface area (Å²) in [5.41, 5.74) is 0.669. The molecule has 0 aliphatic heterocycles. The van der Waals surface area contributed by atoms with E-state index in [9.17, 15) is 17.6 Å². The number of hydrogen-bond acceptors (Lipinski definition) is 5. The van der Waals surface area contributed by atoms with E-state index < -0.39 is 21.8 Å². The van der Waals surface area contributed by atoms with E-state index in [1.807, 2.05) is 0 Å². The molecule has 0 spiro atoms. The fourth-order valence-corrected chi connectivity index (χ4v) is 3.12. The van der Waals surface area contributed by atoms with Crippen LogP contribution in [-0.4, -0.2) is 28.0 Å². The van der Waals surface area contributed by atoms with Crippen molar-refractivity contribution in [3.05, 3.63) is 59.4 Å². The molecule has 1 N–H and O–H groups in total. The average Bonchev–Trinajstić information content (AvgIpc) is 2.60. The van der Waals surface area contributed by atoms with Crippen LogP contribution in [0.3, 0.4) is 0 Å². The molecule has 2 aromatic carbocycles. The van der Waals surface area contributed by atoms with Crippen molar-refractivity contribution in [1.29, 1.82) is 0 Å². The zero-order chi connectivity index (χ0) is 18.4. The SMILES string of the molecule is CCNS(=O)(=O)c1ccc(C(=O)OCc2ccc(OC)c(F)c2)cc1. The van der Waals surface area contributed by atoms with Crippen LogP contribution in [0.5, 0.6) is 5.75 Å². The number of nitrogens with one attached hydrogen (secondary N) is 1. The third kappa shape index (κ3) is 4.77. The lowest BCUT2D eigenvalue weighted by molar-refractivity contribution is 0.0472. The molecule has 134 valence electrons. The van der Waals surface area contributed by atoms with E-state index in [0.717, 1.165) is 0 Å². The van der Waals surface area contributed by atoms with Crippen molar-refractivity contribution in [2.75, 3.05) is 13.7 Å². The highest BCUT2D eigenvalue weighted by Crippen LogP contribution is 2.18. The van der Waals surface area contributed by atoms with Crippen LogP contribution in [0.15, 0.2) is 47.4 Å². The Hall–Kier alpha value is -2.45. The van der Waals surface area contributed by atoms with Gasteiger partial charge in [-0.15, -0.1) is 0 Å². The molecule has 0 fully saturated rings. The summed E-state index contributed by atoms with van der Waals surface area (Å²) in [6.45, 7) is 1.83. The van der Waals surface area contributed by atoms with Gasteiger partial charge in [-0.05, 0) is 42.0 Å². The maximum atomic E-state index is 13.6. The summed E-state index contributed by atoms with van der Waals surface area (Å²) in [7, 11) is -2.22. The summed E-state index contributed by atoms with van der Waals surface area (Å²) < 4.78 is 49.5.